The van der Waals surface area contributed by atoms with Gasteiger partial charge in [-0.3, -0.25) is 4.79 Å². The van der Waals surface area contributed by atoms with Crippen molar-refractivity contribution in [2.75, 3.05) is 13.2 Å². The normalized spacial score (nSPS) is 13.9. The van der Waals surface area contributed by atoms with Gasteiger partial charge >= 0.3 is 0 Å². The molecule has 1 aromatic carbocycles. The van der Waals surface area contributed by atoms with Crippen LogP contribution in [0.1, 0.15) is 5.82 Å². The summed E-state index contributed by atoms with van der Waals surface area (Å²) >= 11 is 5.79. The van der Waals surface area contributed by atoms with Crippen molar-refractivity contribution < 1.29 is 9.53 Å². The monoisotopic (exact) mass is 292 g/mol. The number of ether oxygens (including phenoxy) is 1. The number of halogens is 1. The highest BCUT2D eigenvalue weighted by atomic mass is 35.5. The standard InChI is InChI=1S/C13H13ClN4O2/c14-10-1-3-11(4-2-10)20-8-13(19)17-5-6-18-9-15-16-12(18)7-17/h1-4,9H,5-8H2. The first-order valence-electron chi connectivity index (χ1n) is 6.25. The molecule has 20 heavy (non-hydrogen) atoms. The van der Waals surface area contributed by atoms with Crippen LogP contribution in [-0.4, -0.2) is 38.7 Å². The van der Waals surface area contributed by atoms with Gasteiger partial charge in [0, 0.05) is 18.1 Å². The molecule has 6 nitrogen and oxygen atoms in total. The van der Waals surface area contributed by atoms with Gasteiger partial charge in [0.1, 0.15) is 12.1 Å². The Morgan fingerprint density at radius 3 is 2.90 bits per heavy atom. The fraction of sp³-hybridized carbons (Fsp3) is 0.308. The molecule has 0 fully saturated rings. The van der Waals surface area contributed by atoms with Gasteiger partial charge in [-0.25, -0.2) is 0 Å². The van der Waals surface area contributed by atoms with Crippen LogP contribution in [-0.2, 0) is 17.9 Å². The van der Waals surface area contributed by atoms with Crippen molar-refractivity contribution in [1.82, 2.24) is 19.7 Å². The molecular formula is C13H13ClN4O2. The molecule has 0 spiro atoms. The topological polar surface area (TPSA) is 60.2 Å². The van der Waals surface area contributed by atoms with Crippen LogP contribution in [0.2, 0.25) is 5.02 Å². The summed E-state index contributed by atoms with van der Waals surface area (Å²) in [5.41, 5.74) is 0. The minimum absolute atomic E-state index is 0.00969. The molecule has 1 amide bonds. The van der Waals surface area contributed by atoms with E-state index in [1.165, 1.54) is 0 Å². The molecule has 0 saturated heterocycles. The van der Waals surface area contributed by atoms with E-state index < -0.39 is 0 Å². The average molecular weight is 293 g/mol. The molecule has 0 unspecified atom stereocenters. The maximum absolute atomic E-state index is 12.1. The van der Waals surface area contributed by atoms with Crippen LogP contribution in [0.4, 0.5) is 0 Å². The Bertz CT molecular complexity index is 611. The summed E-state index contributed by atoms with van der Waals surface area (Å²) in [6, 6.07) is 6.93. The lowest BCUT2D eigenvalue weighted by Gasteiger charge is -2.26. The summed E-state index contributed by atoms with van der Waals surface area (Å²) in [6.45, 7) is 1.85. The van der Waals surface area contributed by atoms with E-state index in [1.807, 2.05) is 4.57 Å². The van der Waals surface area contributed by atoms with Gasteiger partial charge in [-0.1, -0.05) is 11.6 Å². The number of benzene rings is 1. The second-order valence-corrected chi connectivity index (χ2v) is 4.93. The number of hydrogen-bond donors (Lipinski definition) is 0. The summed E-state index contributed by atoms with van der Waals surface area (Å²) in [5, 5.41) is 8.45. The third kappa shape index (κ3) is 2.75. The van der Waals surface area contributed by atoms with Crippen LogP contribution >= 0.6 is 11.6 Å². The molecule has 2 heterocycles. The SMILES string of the molecule is O=C(COc1ccc(Cl)cc1)N1CCn2cnnc2C1. The van der Waals surface area contributed by atoms with E-state index in [-0.39, 0.29) is 12.5 Å². The molecule has 0 radical (unpaired) electrons. The van der Waals surface area contributed by atoms with Crippen molar-refractivity contribution >= 4 is 17.5 Å². The van der Waals surface area contributed by atoms with Gasteiger partial charge in [0.2, 0.25) is 0 Å². The number of rotatable bonds is 3. The van der Waals surface area contributed by atoms with E-state index in [9.17, 15) is 4.79 Å². The number of hydrogen-bond acceptors (Lipinski definition) is 4. The molecule has 0 atom stereocenters. The maximum Gasteiger partial charge on any atom is 0.260 e. The van der Waals surface area contributed by atoms with Gasteiger partial charge in [-0.2, -0.15) is 0 Å². The molecule has 2 aromatic rings. The molecule has 0 bridgehead atoms. The maximum atomic E-state index is 12.1. The Balaban J connectivity index is 1.56. The molecule has 1 aliphatic rings. The van der Waals surface area contributed by atoms with Crippen LogP contribution in [0, 0.1) is 0 Å². The Morgan fingerprint density at radius 2 is 2.10 bits per heavy atom. The largest absolute Gasteiger partial charge is 0.484 e. The van der Waals surface area contributed by atoms with Crippen LogP contribution in [0.3, 0.4) is 0 Å². The van der Waals surface area contributed by atoms with E-state index in [2.05, 4.69) is 10.2 Å². The van der Waals surface area contributed by atoms with Crippen LogP contribution in [0.25, 0.3) is 0 Å². The van der Waals surface area contributed by atoms with E-state index in [0.29, 0.717) is 23.9 Å². The smallest absolute Gasteiger partial charge is 0.260 e. The zero-order valence-electron chi connectivity index (χ0n) is 10.7. The molecule has 0 aliphatic carbocycles. The Kier molecular flexibility index (Phi) is 3.56. The van der Waals surface area contributed by atoms with Gasteiger partial charge in [0.15, 0.2) is 12.4 Å². The van der Waals surface area contributed by atoms with E-state index in [1.54, 1.807) is 35.5 Å². The minimum Gasteiger partial charge on any atom is -0.484 e. The van der Waals surface area contributed by atoms with Crippen molar-refractivity contribution in [3.8, 4) is 5.75 Å². The minimum atomic E-state index is -0.0609. The molecule has 0 saturated carbocycles. The van der Waals surface area contributed by atoms with E-state index in [0.717, 1.165) is 12.4 Å². The lowest BCUT2D eigenvalue weighted by Crippen LogP contribution is -2.40. The zero-order chi connectivity index (χ0) is 13.9. The Morgan fingerprint density at radius 1 is 1.30 bits per heavy atom. The van der Waals surface area contributed by atoms with Gasteiger partial charge in [0.25, 0.3) is 5.91 Å². The highest BCUT2D eigenvalue weighted by Gasteiger charge is 2.21. The van der Waals surface area contributed by atoms with Gasteiger partial charge in [-0.05, 0) is 24.3 Å². The molecule has 7 heteroatoms. The molecule has 1 aliphatic heterocycles. The summed E-state index contributed by atoms with van der Waals surface area (Å²) in [6.07, 6.45) is 1.68. The van der Waals surface area contributed by atoms with Crippen molar-refractivity contribution in [2.45, 2.75) is 13.1 Å². The summed E-state index contributed by atoms with van der Waals surface area (Å²) in [5.74, 6) is 1.37. The fourth-order valence-corrected chi connectivity index (χ4v) is 2.17. The number of aromatic nitrogens is 3. The lowest BCUT2D eigenvalue weighted by molar-refractivity contribution is -0.134. The van der Waals surface area contributed by atoms with Crippen LogP contribution in [0.5, 0.6) is 5.75 Å². The first kappa shape index (κ1) is 12.9. The number of carbonyl (C=O) groups excluding carboxylic acids is 1. The third-order valence-corrected chi connectivity index (χ3v) is 3.42. The van der Waals surface area contributed by atoms with Crippen LogP contribution in [0.15, 0.2) is 30.6 Å². The Labute approximate surface area is 120 Å². The fourth-order valence-electron chi connectivity index (χ4n) is 2.05. The van der Waals surface area contributed by atoms with Gasteiger partial charge < -0.3 is 14.2 Å². The number of nitrogens with zero attached hydrogens (tertiary/aromatic N) is 4. The van der Waals surface area contributed by atoms with Crippen LogP contribution < -0.4 is 4.74 Å². The van der Waals surface area contributed by atoms with Crippen molar-refractivity contribution in [2.24, 2.45) is 0 Å². The Hall–Kier alpha value is -2.08. The number of amides is 1. The van der Waals surface area contributed by atoms with Gasteiger partial charge in [0.05, 0.1) is 6.54 Å². The lowest BCUT2D eigenvalue weighted by atomic mass is 10.3. The second kappa shape index (κ2) is 5.50. The molecule has 3 rings (SSSR count). The van der Waals surface area contributed by atoms with E-state index >= 15 is 0 Å². The number of fused-ring (bicyclic) bond motifs is 1. The summed E-state index contributed by atoms with van der Waals surface area (Å²) in [7, 11) is 0. The highest BCUT2D eigenvalue weighted by Crippen LogP contribution is 2.16. The average Bonchev–Trinajstić information content (AvgIpc) is 2.93. The second-order valence-electron chi connectivity index (χ2n) is 4.50. The number of carbonyl (C=O) groups is 1. The molecular weight excluding hydrogens is 280 g/mol. The predicted octanol–water partition coefficient (Wildman–Crippen LogP) is 1.35. The predicted molar refractivity (Wildman–Crippen MR) is 72.4 cm³/mol. The molecule has 0 N–H and O–H groups in total. The van der Waals surface area contributed by atoms with Crippen molar-refractivity contribution in [3.63, 3.8) is 0 Å². The third-order valence-electron chi connectivity index (χ3n) is 3.17. The van der Waals surface area contributed by atoms with Crippen molar-refractivity contribution in [3.05, 3.63) is 41.4 Å². The summed E-state index contributed by atoms with van der Waals surface area (Å²) in [4.78, 5) is 13.8. The first-order valence-corrected chi connectivity index (χ1v) is 6.63. The molecule has 1 aromatic heterocycles. The van der Waals surface area contributed by atoms with Crippen molar-refractivity contribution in [1.29, 1.82) is 0 Å². The highest BCUT2D eigenvalue weighted by molar-refractivity contribution is 6.30. The zero-order valence-corrected chi connectivity index (χ0v) is 11.5. The van der Waals surface area contributed by atoms with E-state index in [4.69, 9.17) is 16.3 Å². The summed E-state index contributed by atoms with van der Waals surface area (Å²) < 4.78 is 7.40. The first-order chi connectivity index (χ1) is 9.72. The quantitative estimate of drug-likeness (QED) is 0.857. The molecule has 104 valence electrons. The van der Waals surface area contributed by atoms with Gasteiger partial charge in [-0.15, -0.1) is 10.2 Å².